The molecule has 6 heterocycles. The standard InChI is InChI=1S/C64H108O34/c1-22(8-14-35(62(4,5)86)94-54-23(20-87-55-48(81)41(74)37(70)29(17-65)89-55)36(69)47(80)59(97-54)98-57-50(83)43(76)39(72)31(19-67)91-57)24-9-11-26-28-12-10-25-27(64(28,7)33(68)16-63(24,26)6)13-15-34(61(25,2)3)93-60-52(95-58-51(84)44(77)46(79)53(85)96-58)45(78)40(73)32(92-60)21-88-56-49(82)42(75)38(71)30(18-66)90-56/h10,22-24,26-60,65-86H,8-9,11-21H2,1-7H3/t22-,23-,24-,26?,27-,28+,29-,30-,31-,32-,33-,34+,35-,36-,37-,38-,39-,40?,41+,42+,43+,44+,45+,46+,47+,48-,49-,50-,51-,52-,53+,54-,55-,56-,57+,58-,59-,60+,63-,64+/m1/s1. The number of fused-ring (bicyclic) bond motifs is 5. The van der Waals surface area contributed by atoms with Crippen LogP contribution in [0, 0.1) is 51.8 Å². The van der Waals surface area contributed by atoms with Crippen molar-refractivity contribution in [1.29, 1.82) is 0 Å². The van der Waals surface area contributed by atoms with E-state index in [1.165, 1.54) is 13.8 Å². The van der Waals surface area contributed by atoms with Crippen LogP contribution in [0.15, 0.2) is 11.6 Å². The van der Waals surface area contributed by atoms with E-state index >= 15 is 0 Å². The Bertz CT molecular complexity index is 2600. The average molecular weight is 1420 g/mol. The molecule has 3 saturated carbocycles. The summed E-state index contributed by atoms with van der Waals surface area (Å²) in [6, 6.07) is 0. The summed E-state index contributed by atoms with van der Waals surface area (Å²) >= 11 is 0. The Morgan fingerprint density at radius 2 is 0.969 bits per heavy atom. The summed E-state index contributed by atoms with van der Waals surface area (Å²) in [6.45, 7) is 9.76. The van der Waals surface area contributed by atoms with Crippen LogP contribution in [0.1, 0.15) is 99.8 Å². The van der Waals surface area contributed by atoms with E-state index in [0.717, 1.165) is 18.4 Å². The molecule has 34 nitrogen and oxygen atoms in total. The van der Waals surface area contributed by atoms with Crippen LogP contribution in [0.3, 0.4) is 0 Å². The van der Waals surface area contributed by atoms with Crippen LogP contribution in [0.4, 0.5) is 0 Å². The highest BCUT2D eigenvalue weighted by Crippen LogP contribution is 2.70. The molecule has 10 aliphatic rings. The van der Waals surface area contributed by atoms with Crippen molar-refractivity contribution in [3.05, 3.63) is 11.6 Å². The van der Waals surface area contributed by atoms with Gasteiger partial charge in [-0.15, -0.1) is 0 Å². The van der Waals surface area contributed by atoms with Crippen molar-refractivity contribution in [1.82, 2.24) is 0 Å². The van der Waals surface area contributed by atoms with Crippen molar-refractivity contribution >= 4 is 0 Å². The van der Waals surface area contributed by atoms with Gasteiger partial charge in [-0.05, 0) is 100 Å². The predicted octanol–water partition coefficient (Wildman–Crippen LogP) is -7.81. The Kier molecular flexibility index (Phi) is 25.0. The van der Waals surface area contributed by atoms with E-state index in [4.69, 9.17) is 56.8 Å². The van der Waals surface area contributed by atoms with Crippen molar-refractivity contribution < 1.29 is 169 Å². The zero-order chi connectivity index (χ0) is 71.9. The molecule has 0 radical (unpaired) electrons. The lowest BCUT2D eigenvalue weighted by Crippen LogP contribution is -2.65. The fourth-order valence-electron chi connectivity index (χ4n) is 17.8. The van der Waals surface area contributed by atoms with E-state index in [-0.39, 0.29) is 36.0 Å². The summed E-state index contributed by atoms with van der Waals surface area (Å²) < 4.78 is 71.1. The highest BCUT2D eigenvalue weighted by atomic mass is 16.8. The summed E-state index contributed by atoms with van der Waals surface area (Å²) in [5, 5.41) is 238. The smallest absolute Gasteiger partial charge is 0.192 e. The lowest BCUT2D eigenvalue weighted by atomic mass is 9.42. The van der Waals surface area contributed by atoms with Crippen LogP contribution >= 0.6 is 0 Å². The molecule has 6 saturated heterocycles. The third-order valence-corrected chi connectivity index (χ3v) is 23.9. The molecule has 568 valence electrons. The Morgan fingerprint density at radius 1 is 0.480 bits per heavy atom. The molecule has 0 aromatic heterocycles. The number of hydrogen-bond donors (Lipinski definition) is 22. The Morgan fingerprint density at radius 3 is 1.53 bits per heavy atom. The molecule has 98 heavy (non-hydrogen) atoms. The zero-order valence-electron chi connectivity index (χ0n) is 55.9. The molecule has 0 bridgehead atoms. The molecule has 9 fully saturated rings. The largest absolute Gasteiger partial charge is 0.394 e. The van der Waals surface area contributed by atoms with Gasteiger partial charge in [0.1, 0.15) is 122 Å². The molecule has 0 aromatic rings. The van der Waals surface area contributed by atoms with Gasteiger partial charge in [-0.3, -0.25) is 0 Å². The molecule has 34 heteroatoms. The minimum atomic E-state index is -2.05. The van der Waals surface area contributed by atoms with Crippen molar-refractivity contribution in [2.45, 2.75) is 302 Å². The van der Waals surface area contributed by atoms with Crippen LogP contribution < -0.4 is 0 Å². The number of aliphatic hydroxyl groups excluding tert-OH is 21. The van der Waals surface area contributed by atoms with E-state index < -0.39 is 258 Å². The molecule has 10 rings (SSSR count). The predicted molar refractivity (Wildman–Crippen MR) is 323 cm³/mol. The van der Waals surface area contributed by atoms with Crippen LogP contribution in [0.25, 0.3) is 0 Å². The number of rotatable bonds is 22. The summed E-state index contributed by atoms with van der Waals surface area (Å²) in [4.78, 5) is 0. The second-order valence-electron chi connectivity index (χ2n) is 30.6. The first-order chi connectivity index (χ1) is 46.0. The maximum atomic E-state index is 12.9. The number of ether oxygens (including phenoxy) is 12. The van der Waals surface area contributed by atoms with Gasteiger partial charge in [0, 0.05) is 10.8 Å². The van der Waals surface area contributed by atoms with Gasteiger partial charge in [0.15, 0.2) is 50.3 Å². The van der Waals surface area contributed by atoms with Crippen molar-refractivity contribution in [3.63, 3.8) is 0 Å². The maximum absolute atomic E-state index is 12.9. The number of aliphatic hydroxyl groups is 22. The normalized spacial score (nSPS) is 52.1. The summed E-state index contributed by atoms with van der Waals surface area (Å²) in [6.07, 6.45) is -48.1. The van der Waals surface area contributed by atoms with Gasteiger partial charge >= 0.3 is 0 Å². The van der Waals surface area contributed by atoms with Gasteiger partial charge in [0.2, 0.25) is 0 Å². The Hall–Kier alpha value is -1.62. The molecule has 0 spiro atoms. The molecule has 4 aliphatic carbocycles. The van der Waals surface area contributed by atoms with E-state index in [1.807, 2.05) is 13.8 Å². The molecule has 6 aliphatic heterocycles. The third-order valence-electron chi connectivity index (χ3n) is 23.9. The van der Waals surface area contributed by atoms with Gasteiger partial charge < -0.3 is 169 Å². The van der Waals surface area contributed by atoms with Crippen molar-refractivity contribution in [2.75, 3.05) is 33.0 Å². The summed E-state index contributed by atoms with van der Waals surface area (Å²) in [5.41, 5.74) is -2.54. The minimum absolute atomic E-state index is 0.000107. The van der Waals surface area contributed by atoms with Gasteiger partial charge in [0.25, 0.3) is 0 Å². The average Bonchev–Trinajstić information content (AvgIpc) is 1.34. The fourth-order valence-corrected chi connectivity index (χ4v) is 17.8. The van der Waals surface area contributed by atoms with Crippen molar-refractivity contribution in [3.8, 4) is 0 Å². The number of allylic oxidation sites excluding steroid dienone is 1. The van der Waals surface area contributed by atoms with Gasteiger partial charge in [0.05, 0.1) is 69.0 Å². The fraction of sp³-hybridized carbons (Fsp3) is 0.969. The second-order valence-corrected chi connectivity index (χ2v) is 30.6. The SMILES string of the molecule is C[C@H](CC[C@@H](O[C@@H]1O[C@H](O[C@@H]2O[C@H](CO)[C@@H](O)[C@H](O)[C@H]2O)[C@@H](O)[C@H](O)[C@H]1CO[C@@H]1O[C@H](CO)[C@@H](O)[C@H](O)[C@H]1O)C(C)(C)O)[C@H]1CCC2[C@@H]3CC=C4[C@@H](CC[C@H](O[C@@H]5O[C@H](CO[C@@H]6O[C@H](CO)[C@@H](O)[C@H](O)[C@H]6O)C(O)[C@H](O)[C@H]5O[C@@H]5O[C@H](O)[C@@H](O)[C@H](O)[C@H]5O)C4(C)C)[C@]3(C)[C@H](O)C[C@@]21C. The summed E-state index contributed by atoms with van der Waals surface area (Å²) in [5.74, 6) is -1.47. The van der Waals surface area contributed by atoms with Gasteiger partial charge in [-0.2, -0.15) is 0 Å². The summed E-state index contributed by atoms with van der Waals surface area (Å²) in [7, 11) is 0. The molecule has 0 aromatic carbocycles. The number of hydrogen-bond acceptors (Lipinski definition) is 34. The quantitative estimate of drug-likeness (QED) is 0.0448. The van der Waals surface area contributed by atoms with Gasteiger partial charge in [-0.1, -0.05) is 46.3 Å². The Labute approximate surface area is 566 Å². The highest BCUT2D eigenvalue weighted by molar-refractivity contribution is 5.30. The first-order valence-corrected chi connectivity index (χ1v) is 34.2. The van der Waals surface area contributed by atoms with Crippen LogP contribution in [0.2, 0.25) is 0 Å². The first kappa shape index (κ1) is 79.0. The monoisotopic (exact) mass is 1420 g/mol. The molecule has 40 atom stereocenters. The van der Waals surface area contributed by atoms with E-state index in [2.05, 4.69) is 26.8 Å². The Balaban J connectivity index is 0.839. The second kappa shape index (κ2) is 31.1. The van der Waals surface area contributed by atoms with Crippen molar-refractivity contribution in [2.24, 2.45) is 51.8 Å². The maximum Gasteiger partial charge on any atom is 0.192 e. The van der Waals surface area contributed by atoms with Gasteiger partial charge in [-0.25, -0.2) is 0 Å². The third kappa shape index (κ3) is 14.9. The first-order valence-electron chi connectivity index (χ1n) is 34.2. The van der Waals surface area contributed by atoms with E-state index in [0.29, 0.717) is 32.1 Å². The molecule has 0 amide bonds. The van der Waals surface area contributed by atoms with E-state index in [1.54, 1.807) is 0 Å². The molecule has 22 N–H and O–H groups in total. The topological polar surface area (TPSA) is 556 Å². The molecular weight excluding hydrogens is 1310 g/mol. The van der Waals surface area contributed by atoms with Crippen LogP contribution in [-0.4, -0.2) is 348 Å². The lowest BCUT2D eigenvalue weighted by Gasteiger charge is -2.64. The van der Waals surface area contributed by atoms with Crippen LogP contribution in [-0.2, 0) is 56.8 Å². The van der Waals surface area contributed by atoms with Crippen LogP contribution in [0.5, 0.6) is 0 Å². The minimum Gasteiger partial charge on any atom is -0.394 e. The highest BCUT2D eigenvalue weighted by Gasteiger charge is 2.67. The molecule has 2 unspecified atom stereocenters. The zero-order valence-corrected chi connectivity index (χ0v) is 55.9. The molecular formula is C64H108O34. The lowest BCUT2D eigenvalue weighted by molar-refractivity contribution is -0.405. The van der Waals surface area contributed by atoms with E-state index in [9.17, 15) is 112 Å².